The van der Waals surface area contributed by atoms with Gasteiger partial charge in [-0.3, -0.25) is 9.59 Å². The first-order chi connectivity index (χ1) is 15.9. The molecule has 0 bridgehead atoms. The van der Waals surface area contributed by atoms with Gasteiger partial charge in [0.05, 0.1) is 24.1 Å². The Kier molecular flexibility index (Phi) is 6.46. The minimum absolute atomic E-state index is 0.0413. The summed E-state index contributed by atoms with van der Waals surface area (Å²) in [5, 5.41) is 3.90. The van der Waals surface area contributed by atoms with Gasteiger partial charge in [-0.05, 0) is 48.5 Å². The van der Waals surface area contributed by atoms with Gasteiger partial charge in [0, 0.05) is 17.5 Å². The van der Waals surface area contributed by atoms with E-state index in [9.17, 15) is 14.4 Å². The molecule has 33 heavy (non-hydrogen) atoms. The van der Waals surface area contributed by atoms with Gasteiger partial charge in [-0.25, -0.2) is 4.79 Å². The van der Waals surface area contributed by atoms with Crippen LogP contribution in [-0.2, 0) is 16.1 Å². The molecule has 4 rings (SSSR count). The fourth-order valence-electron chi connectivity index (χ4n) is 3.18. The Morgan fingerprint density at radius 2 is 1.88 bits per heavy atom. The van der Waals surface area contributed by atoms with E-state index >= 15 is 0 Å². The number of esters is 1. The van der Waals surface area contributed by atoms with Crippen molar-refractivity contribution >= 4 is 46.0 Å². The summed E-state index contributed by atoms with van der Waals surface area (Å²) in [6.07, 6.45) is 1.52. The number of anilines is 1. The molecule has 168 valence electrons. The molecule has 0 aliphatic heterocycles. The maximum atomic E-state index is 12.7. The molecule has 0 saturated heterocycles. The highest BCUT2D eigenvalue weighted by atomic mass is 35.5. The number of para-hydroxylation sites is 1. The third-order valence-corrected chi connectivity index (χ3v) is 5.13. The number of rotatable bonds is 7. The largest absolute Gasteiger partial charge is 0.467 e. The van der Waals surface area contributed by atoms with Gasteiger partial charge in [-0.2, -0.15) is 0 Å². The maximum Gasteiger partial charge on any atom is 0.374 e. The highest BCUT2D eigenvalue weighted by molar-refractivity contribution is 6.31. The van der Waals surface area contributed by atoms with E-state index in [4.69, 9.17) is 25.2 Å². The Hall–Kier alpha value is -4.04. The zero-order valence-electron chi connectivity index (χ0n) is 17.5. The van der Waals surface area contributed by atoms with Crippen LogP contribution in [0.2, 0.25) is 5.02 Å². The van der Waals surface area contributed by atoms with Crippen LogP contribution in [-0.4, -0.2) is 31.4 Å². The van der Waals surface area contributed by atoms with Gasteiger partial charge >= 0.3 is 5.97 Å². The number of benzene rings is 2. The number of nitrogens with zero attached hydrogens (tertiary/aromatic N) is 1. The van der Waals surface area contributed by atoms with E-state index in [-0.39, 0.29) is 18.2 Å². The van der Waals surface area contributed by atoms with Crippen molar-refractivity contribution in [2.24, 2.45) is 0 Å². The van der Waals surface area contributed by atoms with Crippen molar-refractivity contribution in [3.63, 3.8) is 0 Å². The number of halogens is 1. The summed E-state index contributed by atoms with van der Waals surface area (Å²) in [6.45, 7) is -0.326. The zero-order chi connectivity index (χ0) is 23.4. The van der Waals surface area contributed by atoms with E-state index in [0.717, 1.165) is 0 Å². The number of furan rings is 2. The SMILES string of the molecule is CN(C(=O)COC(=O)c1cc2cc(Cl)ccc2o1)c1ccccc1C(=O)NCc1ccco1. The van der Waals surface area contributed by atoms with Crippen molar-refractivity contribution in [3.05, 3.63) is 89.0 Å². The first-order valence-corrected chi connectivity index (χ1v) is 10.3. The summed E-state index contributed by atoms with van der Waals surface area (Å²) >= 11 is 5.94. The molecule has 0 fully saturated rings. The molecule has 4 aromatic rings. The van der Waals surface area contributed by atoms with Gasteiger partial charge in [-0.1, -0.05) is 23.7 Å². The second kappa shape index (κ2) is 9.62. The van der Waals surface area contributed by atoms with Crippen LogP contribution in [0.5, 0.6) is 0 Å². The molecule has 2 amide bonds. The lowest BCUT2D eigenvalue weighted by molar-refractivity contribution is -0.121. The molecule has 0 unspecified atom stereocenters. The maximum absolute atomic E-state index is 12.7. The van der Waals surface area contributed by atoms with Gasteiger partial charge in [0.2, 0.25) is 5.76 Å². The Morgan fingerprint density at radius 1 is 1.06 bits per heavy atom. The van der Waals surface area contributed by atoms with Gasteiger partial charge in [0.15, 0.2) is 6.61 Å². The van der Waals surface area contributed by atoms with Crippen LogP contribution >= 0.6 is 11.6 Å². The van der Waals surface area contributed by atoms with Gasteiger partial charge in [-0.15, -0.1) is 0 Å². The van der Waals surface area contributed by atoms with E-state index in [2.05, 4.69) is 5.32 Å². The molecule has 2 heterocycles. The van der Waals surface area contributed by atoms with Crippen LogP contribution in [0, 0.1) is 0 Å². The normalized spacial score (nSPS) is 10.7. The number of nitrogens with one attached hydrogen (secondary N) is 1. The highest BCUT2D eigenvalue weighted by Gasteiger charge is 2.21. The quantitative estimate of drug-likeness (QED) is 0.404. The summed E-state index contributed by atoms with van der Waals surface area (Å²) in [5.74, 6) is -1.12. The molecule has 8 nitrogen and oxygen atoms in total. The molecule has 2 aromatic carbocycles. The Bertz CT molecular complexity index is 1310. The fraction of sp³-hybridized carbons (Fsp3) is 0.125. The lowest BCUT2D eigenvalue weighted by Crippen LogP contribution is -2.33. The molecule has 0 spiro atoms. The highest BCUT2D eigenvalue weighted by Crippen LogP contribution is 2.24. The molecular weight excluding hydrogens is 448 g/mol. The van der Waals surface area contributed by atoms with Crippen molar-refractivity contribution in [3.8, 4) is 0 Å². The van der Waals surface area contributed by atoms with E-state index in [0.29, 0.717) is 33.0 Å². The Labute approximate surface area is 193 Å². The average Bonchev–Trinajstić information content (AvgIpc) is 3.49. The standard InChI is InChI=1S/C24H19ClN2O6/c1-27(19-7-3-2-6-18(19)23(29)26-13-17-5-4-10-31-17)22(28)14-32-24(30)21-12-15-11-16(25)8-9-20(15)33-21/h2-12H,13-14H2,1H3,(H,26,29). The third kappa shape index (κ3) is 5.07. The summed E-state index contributed by atoms with van der Waals surface area (Å²) in [4.78, 5) is 38.9. The van der Waals surface area contributed by atoms with Gasteiger partial charge < -0.3 is 23.8 Å². The van der Waals surface area contributed by atoms with Crippen molar-refractivity contribution in [2.75, 3.05) is 18.6 Å². The van der Waals surface area contributed by atoms with Crippen LogP contribution in [0.25, 0.3) is 11.0 Å². The van der Waals surface area contributed by atoms with Crippen LogP contribution in [0.1, 0.15) is 26.7 Å². The van der Waals surface area contributed by atoms with Gasteiger partial charge in [0.1, 0.15) is 11.3 Å². The van der Waals surface area contributed by atoms with Crippen molar-refractivity contribution < 1.29 is 28.0 Å². The number of carbonyl (C=O) groups is 3. The number of hydrogen-bond donors (Lipinski definition) is 1. The van der Waals surface area contributed by atoms with Gasteiger partial charge in [0.25, 0.3) is 11.8 Å². The molecule has 1 N–H and O–H groups in total. The Morgan fingerprint density at radius 3 is 2.67 bits per heavy atom. The monoisotopic (exact) mass is 466 g/mol. The second-order valence-corrected chi connectivity index (χ2v) is 7.54. The molecule has 0 radical (unpaired) electrons. The molecule has 0 aliphatic carbocycles. The van der Waals surface area contributed by atoms with E-state index < -0.39 is 18.5 Å². The van der Waals surface area contributed by atoms with Crippen molar-refractivity contribution in [2.45, 2.75) is 6.54 Å². The zero-order valence-corrected chi connectivity index (χ0v) is 18.3. The molecule has 2 aromatic heterocycles. The van der Waals surface area contributed by atoms with E-state index in [1.165, 1.54) is 24.3 Å². The molecule has 0 aliphatic rings. The molecule has 0 saturated carbocycles. The number of hydrogen-bond acceptors (Lipinski definition) is 6. The van der Waals surface area contributed by atoms with Crippen LogP contribution in [0.3, 0.4) is 0 Å². The lowest BCUT2D eigenvalue weighted by Gasteiger charge is -2.20. The topological polar surface area (TPSA) is 102 Å². The van der Waals surface area contributed by atoms with Crippen LogP contribution < -0.4 is 10.2 Å². The second-order valence-electron chi connectivity index (χ2n) is 7.10. The summed E-state index contributed by atoms with van der Waals surface area (Å²) in [7, 11) is 1.50. The summed E-state index contributed by atoms with van der Waals surface area (Å²) in [6, 6.07) is 16.5. The third-order valence-electron chi connectivity index (χ3n) is 4.89. The van der Waals surface area contributed by atoms with Crippen LogP contribution in [0.15, 0.2) is 75.8 Å². The minimum atomic E-state index is -0.784. The number of amides is 2. The fourth-order valence-corrected chi connectivity index (χ4v) is 3.36. The van der Waals surface area contributed by atoms with Crippen molar-refractivity contribution in [1.82, 2.24) is 5.32 Å². The predicted octanol–water partition coefficient (Wildman–Crippen LogP) is 4.43. The first-order valence-electron chi connectivity index (χ1n) is 9.95. The van der Waals surface area contributed by atoms with Crippen LogP contribution in [0.4, 0.5) is 5.69 Å². The smallest absolute Gasteiger partial charge is 0.374 e. The summed E-state index contributed by atoms with van der Waals surface area (Å²) < 4.78 is 15.8. The number of ether oxygens (including phenoxy) is 1. The molecule has 9 heteroatoms. The van der Waals surface area contributed by atoms with Crippen molar-refractivity contribution in [1.29, 1.82) is 0 Å². The lowest BCUT2D eigenvalue weighted by atomic mass is 10.1. The molecule has 0 atom stereocenters. The number of fused-ring (bicyclic) bond motifs is 1. The Balaban J connectivity index is 1.40. The number of carbonyl (C=O) groups excluding carboxylic acids is 3. The first kappa shape index (κ1) is 22.2. The molecular formula is C24H19ClN2O6. The van der Waals surface area contributed by atoms with E-state index in [1.807, 2.05) is 0 Å². The summed E-state index contributed by atoms with van der Waals surface area (Å²) in [5.41, 5.74) is 1.14. The van der Waals surface area contributed by atoms with E-state index in [1.54, 1.807) is 54.6 Å². The number of likely N-dealkylation sites (N-methyl/N-ethyl adjacent to an activating group) is 1. The average molecular weight is 467 g/mol. The predicted molar refractivity (Wildman–Crippen MR) is 121 cm³/mol. The minimum Gasteiger partial charge on any atom is -0.467 e.